The molecule has 1 atom stereocenters. The van der Waals surface area contributed by atoms with E-state index in [0.717, 1.165) is 22.8 Å². The molecule has 2 amide bonds. The summed E-state index contributed by atoms with van der Waals surface area (Å²) in [5.41, 5.74) is 1.81. The van der Waals surface area contributed by atoms with Gasteiger partial charge in [0.25, 0.3) is 0 Å². The van der Waals surface area contributed by atoms with Crippen LogP contribution in [0.5, 0.6) is 11.5 Å². The SMILES string of the molecule is CCNC(=O)N(C)CC1CC(c2ccc3c(c2)OCO3)=NO1. The lowest BCUT2D eigenvalue weighted by Gasteiger charge is -2.19. The zero-order chi connectivity index (χ0) is 15.5. The summed E-state index contributed by atoms with van der Waals surface area (Å²) in [6.45, 7) is 3.23. The average Bonchev–Trinajstić information content (AvgIpc) is 3.15. The maximum atomic E-state index is 11.7. The minimum absolute atomic E-state index is 0.109. The van der Waals surface area contributed by atoms with Crippen molar-refractivity contribution in [2.75, 3.05) is 26.9 Å². The molecule has 1 aromatic rings. The second-order valence-corrected chi connectivity index (χ2v) is 5.25. The molecule has 0 saturated heterocycles. The average molecular weight is 305 g/mol. The van der Waals surface area contributed by atoms with Crippen molar-refractivity contribution in [3.63, 3.8) is 0 Å². The minimum Gasteiger partial charge on any atom is -0.454 e. The monoisotopic (exact) mass is 305 g/mol. The molecule has 1 unspecified atom stereocenters. The van der Waals surface area contributed by atoms with Crippen LogP contribution in [0.15, 0.2) is 23.4 Å². The number of hydrogen-bond acceptors (Lipinski definition) is 5. The number of likely N-dealkylation sites (N-methyl/N-ethyl adjacent to an activating group) is 1. The third-order valence-electron chi connectivity index (χ3n) is 3.59. The Kier molecular flexibility index (Phi) is 4.04. The first kappa shape index (κ1) is 14.5. The molecule has 3 rings (SSSR count). The van der Waals surface area contributed by atoms with Crippen molar-refractivity contribution in [1.82, 2.24) is 10.2 Å². The lowest BCUT2D eigenvalue weighted by Crippen LogP contribution is -2.41. The summed E-state index contributed by atoms with van der Waals surface area (Å²) >= 11 is 0. The molecule has 1 N–H and O–H groups in total. The number of benzene rings is 1. The molecule has 7 nitrogen and oxygen atoms in total. The number of carbonyl (C=O) groups is 1. The van der Waals surface area contributed by atoms with Crippen molar-refractivity contribution in [2.24, 2.45) is 5.16 Å². The highest BCUT2D eigenvalue weighted by Crippen LogP contribution is 2.33. The summed E-state index contributed by atoms with van der Waals surface area (Å²) in [6.07, 6.45) is 0.525. The molecule has 2 aliphatic rings. The van der Waals surface area contributed by atoms with Gasteiger partial charge in [-0.3, -0.25) is 0 Å². The van der Waals surface area contributed by atoms with Crippen molar-refractivity contribution in [1.29, 1.82) is 0 Å². The van der Waals surface area contributed by atoms with Crippen LogP contribution in [0.4, 0.5) is 4.79 Å². The number of hydrogen-bond donors (Lipinski definition) is 1. The van der Waals surface area contributed by atoms with E-state index < -0.39 is 0 Å². The maximum absolute atomic E-state index is 11.7. The lowest BCUT2D eigenvalue weighted by molar-refractivity contribution is 0.0657. The zero-order valence-corrected chi connectivity index (χ0v) is 12.7. The van der Waals surface area contributed by atoms with E-state index in [-0.39, 0.29) is 18.9 Å². The standard InChI is InChI=1S/C15H19N3O4/c1-3-16-15(19)18(2)8-11-7-12(17-22-11)10-4-5-13-14(6-10)21-9-20-13/h4-6,11H,3,7-9H2,1-2H3,(H,16,19). The van der Waals surface area contributed by atoms with E-state index in [2.05, 4.69) is 10.5 Å². The Morgan fingerprint density at radius 2 is 2.23 bits per heavy atom. The van der Waals surface area contributed by atoms with Crippen molar-refractivity contribution in [3.05, 3.63) is 23.8 Å². The third kappa shape index (κ3) is 2.93. The van der Waals surface area contributed by atoms with Crippen LogP contribution in [0.2, 0.25) is 0 Å². The summed E-state index contributed by atoms with van der Waals surface area (Å²) in [5.74, 6) is 1.47. The molecule has 2 heterocycles. The Hall–Kier alpha value is -2.44. The number of amides is 2. The van der Waals surface area contributed by atoms with E-state index in [1.807, 2.05) is 25.1 Å². The van der Waals surface area contributed by atoms with E-state index in [1.54, 1.807) is 11.9 Å². The van der Waals surface area contributed by atoms with Crippen LogP contribution in [0.3, 0.4) is 0 Å². The first-order valence-corrected chi connectivity index (χ1v) is 7.29. The second-order valence-electron chi connectivity index (χ2n) is 5.25. The first-order valence-electron chi connectivity index (χ1n) is 7.29. The number of nitrogens with zero attached hydrogens (tertiary/aromatic N) is 2. The van der Waals surface area contributed by atoms with E-state index in [9.17, 15) is 4.79 Å². The van der Waals surface area contributed by atoms with Gasteiger partial charge in [-0.05, 0) is 25.1 Å². The zero-order valence-electron chi connectivity index (χ0n) is 12.7. The Morgan fingerprint density at radius 3 is 3.05 bits per heavy atom. The summed E-state index contributed by atoms with van der Waals surface area (Å²) in [4.78, 5) is 18.7. The molecule has 7 heteroatoms. The quantitative estimate of drug-likeness (QED) is 0.916. The Morgan fingerprint density at radius 1 is 1.41 bits per heavy atom. The topological polar surface area (TPSA) is 72.4 Å². The Balaban J connectivity index is 1.59. The van der Waals surface area contributed by atoms with Gasteiger partial charge in [-0.25, -0.2) is 4.79 Å². The molecule has 118 valence electrons. The minimum atomic E-state index is -0.131. The molecule has 0 radical (unpaired) electrons. The molecule has 2 aliphatic heterocycles. The number of urea groups is 1. The number of fused-ring (bicyclic) bond motifs is 1. The van der Waals surface area contributed by atoms with E-state index in [1.165, 1.54) is 0 Å². The fourth-order valence-electron chi connectivity index (χ4n) is 2.45. The lowest BCUT2D eigenvalue weighted by atomic mass is 10.0. The normalized spacial score (nSPS) is 18.6. The van der Waals surface area contributed by atoms with Gasteiger partial charge in [-0.15, -0.1) is 0 Å². The van der Waals surface area contributed by atoms with Crippen LogP contribution in [-0.2, 0) is 4.84 Å². The second kappa shape index (κ2) is 6.13. The van der Waals surface area contributed by atoms with Crippen LogP contribution in [0, 0.1) is 0 Å². The molecule has 0 aliphatic carbocycles. The van der Waals surface area contributed by atoms with Crippen LogP contribution < -0.4 is 14.8 Å². The summed E-state index contributed by atoms with van der Waals surface area (Å²) < 4.78 is 10.7. The largest absolute Gasteiger partial charge is 0.454 e. The van der Waals surface area contributed by atoms with Crippen molar-refractivity contribution < 1.29 is 19.1 Å². The molecule has 0 bridgehead atoms. The van der Waals surface area contributed by atoms with Gasteiger partial charge in [0.05, 0.1) is 12.3 Å². The first-order chi connectivity index (χ1) is 10.7. The van der Waals surface area contributed by atoms with E-state index in [0.29, 0.717) is 19.5 Å². The fourth-order valence-corrected chi connectivity index (χ4v) is 2.45. The predicted octanol–water partition coefficient (Wildman–Crippen LogP) is 1.57. The van der Waals surface area contributed by atoms with Gasteiger partial charge in [-0.2, -0.15) is 0 Å². The molecular formula is C15H19N3O4. The van der Waals surface area contributed by atoms with E-state index >= 15 is 0 Å². The Bertz CT molecular complexity index is 602. The van der Waals surface area contributed by atoms with Gasteiger partial charge >= 0.3 is 6.03 Å². The number of rotatable bonds is 4. The van der Waals surface area contributed by atoms with Crippen LogP contribution in [0.1, 0.15) is 18.9 Å². The van der Waals surface area contributed by atoms with Crippen LogP contribution >= 0.6 is 0 Å². The van der Waals surface area contributed by atoms with Gasteiger partial charge in [0.15, 0.2) is 17.6 Å². The van der Waals surface area contributed by atoms with Crippen molar-refractivity contribution in [2.45, 2.75) is 19.4 Å². The molecule has 0 saturated carbocycles. The molecule has 22 heavy (non-hydrogen) atoms. The Labute approximate surface area is 128 Å². The highest BCUT2D eigenvalue weighted by molar-refractivity contribution is 6.01. The predicted molar refractivity (Wildman–Crippen MR) is 80.3 cm³/mol. The highest BCUT2D eigenvalue weighted by Gasteiger charge is 2.26. The van der Waals surface area contributed by atoms with Crippen molar-refractivity contribution >= 4 is 11.7 Å². The third-order valence-corrected chi connectivity index (χ3v) is 3.59. The molecule has 1 aromatic carbocycles. The van der Waals surface area contributed by atoms with Gasteiger partial charge in [0, 0.05) is 25.6 Å². The van der Waals surface area contributed by atoms with Gasteiger partial charge < -0.3 is 24.5 Å². The summed E-state index contributed by atoms with van der Waals surface area (Å²) in [5, 5.41) is 6.89. The molecule has 0 fully saturated rings. The fraction of sp³-hybridized carbons (Fsp3) is 0.467. The molecule has 0 aromatic heterocycles. The van der Waals surface area contributed by atoms with Crippen molar-refractivity contribution in [3.8, 4) is 11.5 Å². The van der Waals surface area contributed by atoms with Crippen LogP contribution in [-0.4, -0.2) is 49.7 Å². The number of nitrogens with one attached hydrogen (secondary N) is 1. The van der Waals surface area contributed by atoms with E-state index in [4.69, 9.17) is 14.3 Å². The van der Waals surface area contributed by atoms with Gasteiger partial charge in [0.2, 0.25) is 6.79 Å². The summed E-state index contributed by atoms with van der Waals surface area (Å²) in [6, 6.07) is 5.60. The highest BCUT2D eigenvalue weighted by atomic mass is 16.7. The van der Waals surface area contributed by atoms with Gasteiger partial charge in [0.1, 0.15) is 0 Å². The number of oxime groups is 1. The van der Waals surface area contributed by atoms with Gasteiger partial charge in [-0.1, -0.05) is 5.16 Å². The molecular weight excluding hydrogens is 286 g/mol. The maximum Gasteiger partial charge on any atom is 0.317 e. The smallest absolute Gasteiger partial charge is 0.317 e. The summed E-state index contributed by atoms with van der Waals surface area (Å²) in [7, 11) is 1.74. The number of ether oxygens (including phenoxy) is 2. The van der Waals surface area contributed by atoms with Crippen LogP contribution in [0.25, 0.3) is 0 Å². The number of carbonyl (C=O) groups excluding carboxylic acids is 1. The molecule has 0 spiro atoms.